The van der Waals surface area contributed by atoms with Crippen molar-refractivity contribution in [2.24, 2.45) is 0 Å². The summed E-state index contributed by atoms with van der Waals surface area (Å²) in [7, 11) is 3.54. The molecule has 1 aromatic rings. The van der Waals surface area contributed by atoms with Gasteiger partial charge in [-0.15, -0.1) is 0 Å². The fourth-order valence-electron chi connectivity index (χ4n) is 2.75. The monoisotopic (exact) mass is 307 g/mol. The molecule has 21 heavy (non-hydrogen) atoms. The van der Waals surface area contributed by atoms with Gasteiger partial charge in [0.15, 0.2) is 0 Å². The Balaban J connectivity index is 3.33. The third-order valence-corrected chi connectivity index (χ3v) is 4.24. The predicted octanol–water partition coefficient (Wildman–Crippen LogP) is 4.00. The standard InChI is InChI=1S/C15H21F4NO/c1-5-14(6-2,20(3)4)13(21)10-7-8-12(16)11(9-10)15(17,18)19/h7-9,13,21H,5-6H2,1-4H3. The Morgan fingerprint density at radius 3 is 2.05 bits per heavy atom. The number of nitrogens with zero attached hydrogens (tertiary/aromatic N) is 1. The Morgan fingerprint density at radius 1 is 1.14 bits per heavy atom. The highest BCUT2D eigenvalue weighted by Gasteiger charge is 2.40. The van der Waals surface area contributed by atoms with Crippen LogP contribution in [-0.4, -0.2) is 29.6 Å². The summed E-state index contributed by atoms with van der Waals surface area (Å²) in [5.74, 6) is -1.33. The van der Waals surface area contributed by atoms with E-state index >= 15 is 0 Å². The van der Waals surface area contributed by atoms with Crippen molar-refractivity contribution in [3.63, 3.8) is 0 Å². The van der Waals surface area contributed by atoms with E-state index in [1.165, 1.54) is 6.07 Å². The van der Waals surface area contributed by atoms with E-state index in [0.29, 0.717) is 18.9 Å². The number of halogens is 4. The molecule has 0 fully saturated rings. The van der Waals surface area contributed by atoms with Crippen LogP contribution in [0.25, 0.3) is 0 Å². The number of aliphatic hydroxyl groups is 1. The van der Waals surface area contributed by atoms with E-state index in [4.69, 9.17) is 0 Å². The van der Waals surface area contributed by atoms with Crippen molar-refractivity contribution in [1.82, 2.24) is 4.90 Å². The first-order valence-corrected chi connectivity index (χ1v) is 6.82. The van der Waals surface area contributed by atoms with E-state index in [-0.39, 0.29) is 5.56 Å². The van der Waals surface area contributed by atoms with Gasteiger partial charge >= 0.3 is 6.18 Å². The molecule has 2 nitrogen and oxygen atoms in total. The Hall–Kier alpha value is -1.14. The predicted molar refractivity (Wildman–Crippen MR) is 73.4 cm³/mol. The van der Waals surface area contributed by atoms with Gasteiger partial charge in [0.1, 0.15) is 5.82 Å². The molecule has 1 N–H and O–H groups in total. The first-order valence-electron chi connectivity index (χ1n) is 6.82. The summed E-state index contributed by atoms with van der Waals surface area (Å²) in [4.78, 5) is 1.80. The molecule has 1 unspecified atom stereocenters. The maximum absolute atomic E-state index is 13.3. The van der Waals surface area contributed by atoms with Gasteiger partial charge in [0, 0.05) is 5.54 Å². The summed E-state index contributed by atoms with van der Waals surface area (Å²) in [5, 5.41) is 10.6. The third-order valence-electron chi connectivity index (χ3n) is 4.24. The molecule has 6 heteroatoms. The number of benzene rings is 1. The van der Waals surface area contributed by atoms with E-state index in [9.17, 15) is 22.7 Å². The molecule has 120 valence electrons. The summed E-state index contributed by atoms with van der Waals surface area (Å²) in [6, 6.07) is 2.66. The van der Waals surface area contributed by atoms with Crippen LogP contribution in [0.15, 0.2) is 18.2 Å². The zero-order valence-electron chi connectivity index (χ0n) is 12.6. The van der Waals surface area contributed by atoms with Gasteiger partial charge in [-0.1, -0.05) is 19.9 Å². The highest BCUT2D eigenvalue weighted by molar-refractivity contribution is 5.30. The van der Waals surface area contributed by atoms with Gasteiger partial charge in [-0.05, 0) is 44.6 Å². The van der Waals surface area contributed by atoms with Gasteiger partial charge in [0.05, 0.1) is 11.7 Å². The van der Waals surface area contributed by atoms with Crippen LogP contribution in [0.4, 0.5) is 17.6 Å². The average Bonchev–Trinajstić information content (AvgIpc) is 2.39. The summed E-state index contributed by atoms with van der Waals surface area (Å²) >= 11 is 0. The molecule has 0 bridgehead atoms. The van der Waals surface area contributed by atoms with Gasteiger partial charge in [0.2, 0.25) is 0 Å². The second kappa shape index (κ2) is 6.32. The van der Waals surface area contributed by atoms with Crippen molar-refractivity contribution in [1.29, 1.82) is 0 Å². The minimum absolute atomic E-state index is 0.0705. The van der Waals surface area contributed by atoms with Gasteiger partial charge in [-0.2, -0.15) is 13.2 Å². The SMILES string of the molecule is CCC(CC)(C(O)c1ccc(F)c(C(F)(F)F)c1)N(C)C. The van der Waals surface area contributed by atoms with Crippen LogP contribution in [0.5, 0.6) is 0 Å². The lowest BCUT2D eigenvalue weighted by Gasteiger charge is -2.43. The van der Waals surface area contributed by atoms with E-state index in [1.54, 1.807) is 19.0 Å². The van der Waals surface area contributed by atoms with E-state index < -0.39 is 29.2 Å². The molecule has 1 atom stereocenters. The Morgan fingerprint density at radius 2 is 1.67 bits per heavy atom. The summed E-state index contributed by atoms with van der Waals surface area (Å²) < 4.78 is 51.7. The molecule has 0 saturated carbocycles. The Kier molecular flexibility index (Phi) is 5.39. The van der Waals surface area contributed by atoms with Crippen molar-refractivity contribution in [3.8, 4) is 0 Å². The smallest absolute Gasteiger partial charge is 0.386 e. The first-order chi connectivity index (χ1) is 9.60. The number of likely N-dealkylation sites (N-methyl/N-ethyl adjacent to an activating group) is 1. The molecule has 0 amide bonds. The molecular weight excluding hydrogens is 286 g/mol. The minimum atomic E-state index is -4.78. The molecule has 1 aromatic carbocycles. The number of rotatable bonds is 5. The highest BCUT2D eigenvalue weighted by Crippen LogP contribution is 2.39. The molecule has 1 rings (SSSR count). The fraction of sp³-hybridized carbons (Fsp3) is 0.600. The van der Waals surface area contributed by atoms with Crippen LogP contribution in [0.1, 0.15) is 43.9 Å². The van der Waals surface area contributed by atoms with Crippen molar-refractivity contribution < 1.29 is 22.7 Å². The summed E-state index contributed by atoms with van der Waals surface area (Å²) in [6.45, 7) is 3.72. The lowest BCUT2D eigenvalue weighted by atomic mass is 9.81. The van der Waals surface area contributed by atoms with Crippen LogP contribution in [0.3, 0.4) is 0 Å². The van der Waals surface area contributed by atoms with Crippen LogP contribution < -0.4 is 0 Å². The maximum Gasteiger partial charge on any atom is 0.419 e. The van der Waals surface area contributed by atoms with E-state index in [0.717, 1.165) is 6.07 Å². The second-order valence-corrected chi connectivity index (χ2v) is 5.34. The van der Waals surface area contributed by atoms with Gasteiger partial charge in [-0.25, -0.2) is 4.39 Å². The number of alkyl halides is 3. The van der Waals surface area contributed by atoms with Gasteiger partial charge in [0.25, 0.3) is 0 Å². The van der Waals surface area contributed by atoms with E-state index in [2.05, 4.69) is 0 Å². The molecular formula is C15H21F4NO. The quantitative estimate of drug-likeness (QED) is 0.831. The second-order valence-electron chi connectivity index (χ2n) is 5.34. The zero-order valence-corrected chi connectivity index (χ0v) is 12.6. The van der Waals surface area contributed by atoms with Crippen molar-refractivity contribution >= 4 is 0 Å². The van der Waals surface area contributed by atoms with Crippen molar-refractivity contribution in [2.45, 2.75) is 44.5 Å². The molecule has 0 aliphatic carbocycles. The third kappa shape index (κ3) is 3.37. The van der Waals surface area contributed by atoms with Crippen molar-refractivity contribution in [3.05, 3.63) is 35.1 Å². The normalized spacial score (nSPS) is 14.6. The van der Waals surface area contributed by atoms with Gasteiger partial charge < -0.3 is 10.0 Å². The molecule has 0 aromatic heterocycles. The van der Waals surface area contributed by atoms with Gasteiger partial charge in [-0.3, -0.25) is 0 Å². The fourth-order valence-corrected chi connectivity index (χ4v) is 2.75. The minimum Gasteiger partial charge on any atom is -0.386 e. The molecule has 0 spiro atoms. The zero-order chi connectivity index (χ0) is 16.4. The molecule has 0 aliphatic heterocycles. The Bertz CT molecular complexity index is 481. The summed E-state index contributed by atoms with van der Waals surface area (Å²) in [5.41, 5.74) is -1.97. The maximum atomic E-state index is 13.3. The topological polar surface area (TPSA) is 23.5 Å². The lowest BCUT2D eigenvalue weighted by molar-refractivity contribution is -0.140. The number of hydrogen-bond acceptors (Lipinski definition) is 2. The largest absolute Gasteiger partial charge is 0.419 e. The Labute approximate surface area is 122 Å². The van der Waals surface area contributed by atoms with E-state index in [1.807, 2.05) is 13.8 Å². The first kappa shape index (κ1) is 17.9. The lowest BCUT2D eigenvalue weighted by Crippen LogP contribution is -2.48. The summed E-state index contributed by atoms with van der Waals surface area (Å²) in [6.07, 6.45) is -4.81. The van der Waals surface area contributed by atoms with Crippen LogP contribution in [0, 0.1) is 5.82 Å². The number of aliphatic hydroxyl groups excluding tert-OH is 1. The molecule has 0 saturated heterocycles. The van der Waals surface area contributed by atoms with Crippen LogP contribution in [0.2, 0.25) is 0 Å². The molecule has 0 heterocycles. The van der Waals surface area contributed by atoms with Crippen molar-refractivity contribution in [2.75, 3.05) is 14.1 Å². The number of hydrogen-bond donors (Lipinski definition) is 1. The average molecular weight is 307 g/mol. The van der Waals surface area contributed by atoms with Crippen LogP contribution >= 0.6 is 0 Å². The highest BCUT2D eigenvalue weighted by atomic mass is 19.4. The van der Waals surface area contributed by atoms with Crippen LogP contribution in [-0.2, 0) is 6.18 Å². The molecule has 0 aliphatic rings. The molecule has 0 radical (unpaired) electrons.